The smallest absolute Gasteiger partial charge is 0.310 e. The van der Waals surface area contributed by atoms with Crippen LogP contribution in [0.25, 0.3) is 0 Å². The van der Waals surface area contributed by atoms with Crippen LogP contribution in [-0.4, -0.2) is 28.9 Å². The highest BCUT2D eigenvalue weighted by molar-refractivity contribution is 6.06. The van der Waals surface area contributed by atoms with Crippen molar-refractivity contribution in [3.05, 3.63) is 0 Å². The number of unbranched alkanes of at least 4 members (excludes halogenated alkanes) is 5. The summed E-state index contributed by atoms with van der Waals surface area (Å²) in [4.78, 5) is 25.6. The summed E-state index contributed by atoms with van der Waals surface area (Å²) in [6, 6.07) is -0.206. The van der Waals surface area contributed by atoms with Crippen LogP contribution in [0.5, 0.6) is 0 Å². The van der Waals surface area contributed by atoms with Gasteiger partial charge in [-0.2, -0.15) is 0 Å². The van der Waals surface area contributed by atoms with Crippen LogP contribution in [-0.2, 0) is 4.79 Å². The summed E-state index contributed by atoms with van der Waals surface area (Å²) in [5.41, 5.74) is -0.597. The SMILES string of the molecule is CCCCCCCCN1C(=O)NC(=O)C1(CC)CC. The van der Waals surface area contributed by atoms with Crippen molar-refractivity contribution >= 4 is 11.9 Å². The third-order valence-electron chi connectivity index (χ3n) is 4.31. The Morgan fingerprint density at radius 2 is 1.53 bits per heavy atom. The van der Waals surface area contributed by atoms with Gasteiger partial charge in [-0.05, 0) is 19.3 Å². The average Bonchev–Trinajstić information content (AvgIpc) is 2.65. The van der Waals surface area contributed by atoms with Crippen molar-refractivity contribution in [1.29, 1.82) is 0 Å². The summed E-state index contributed by atoms with van der Waals surface area (Å²) in [5, 5.41) is 2.47. The Morgan fingerprint density at radius 3 is 2.11 bits per heavy atom. The minimum absolute atomic E-state index is 0.117. The Bertz CT molecular complexity index is 311. The Morgan fingerprint density at radius 1 is 0.947 bits per heavy atom. The molecule has 0 radical (unpaired) electrons. The first-order valence-corrected chi connectivity index (χ1v) is 7.75. The summed E-state index contributed by atoms with van der Waals surface area (Å²) >= 11 is 0. The molecule has 4 heteroatoms. The van der Waals surface area contributed by atoms with E-state index >= 15 is 0 Å². The van der Waals surface area contributed by atoms with Crippen molar-refractivity contribution in [2.75, 3.05) is 6.54 Å². The third-order valence-corrected chi connectivity index (χ3v) is 4.31. The first-order valence-electron chi connectivity index (χ1n) is 7.75. The second-order valence-electron chi connectivity index (χ2n) is 5.42. The molecule has 1 fully saturated rings. The molecule has 0 atom stereocenters. The molecule has 4 nitrogen and oxygen atoms in total. The number of hydrogen-bond acceptors (Lipinski definition) is 2. The molecule has 19 heavy (non-hydrogen) atoms. The zero-order valence-corrected chi connectivity index (χ0v) is 12.6. The Kier molecular flexibility index (Phi) is 6.32. The molecule has 0 saturated carbocycles. The van der Waals surface area contributed by atoms with Gasteiger partial charge in [-0.3, -0.25) is 10.1 Å². The van der Waals surface area contributed by atoms with Crippen LogP contribution in [0.1, 0.15) is 72.1 Å². The van der Waals surface area contributed by atoms with Crippen LogP contribution in [0.2, 0.25) is 0 Å². The number of amides is 3. The average molecular weight is 268 g/mol. The van der Waals surface area contributed by atoms with Crippen LogP contribution >= 0.6 is 0 Å². The number of urea groups is 1. The summed E-state index contributed by atoms with van der Waals surface area (Å²) in [6.45, 7) is 6.87. The van der Waals surface area contributed by atoms with Crippen molar-refractivity contribution in [3.63, 3.8) is 0 Å². The first-order chi connectivity index (χ1) is 9.12. The third kappa shape index (κ3) is 3.48. The number of nitrogens with one attached hydrogen (secondary N) is 1. The van der Waals surface area contributed by atoms with Gasteiger partial charge in [0, 0.05) is 6.54 Å². The highest BCUT2D eigenvalue weighted by atomic mass is 16.2. The maximum Gasteiger partial charge on any atom is 0.325 e. The number of nitrogens with zero attached hydrogens (tertiary/aromatic N) is 1. The maximum atomic E-state index is 12.0. The van der Waals surface area contributed by atoms with Crippen molar-refractivity contribution in [1.82, 2.24) is 10.2 Å². The molecule has 0 aromatic heterocycles. The van der Waals surface area contributed by atoms with Crippen molar-refractivity contribution < 1.29 is 9.59 Å². The number of hydrogen-bond donors (Lipinski definition) is 1. The lowest BCUT2D eigenvalue weighted by Crippen LogP contribution is -2.49. The molecule has 1 aliphatic rings. The summed E-state index contributed by atoms with van der Waals surface area (Å²) in [5.74, 6) is -0.117. The normalized spacial score (nSPS) is 17.9. The highest BCUT2D eigenvalue weighted by Crippen LogP contribution is 2.29. The largest absolute Gasteiger partial charge is 0.325 e. The van der Waals surface area contributed by atoms with E-state index in [9.17, 15) is 9.59 Å². The molecule has 1 aliphatic heterocycles. The molecular formula is C15H28N2O2. The van der Waals surface area contributed by atoms with E-state index < -0.39 is 5.54 Å². The van der Waals surface area contributed by atoms with Crippen LogP contribution in [0.3, 0.4) is 0 Å². The second kappa shape index (κ2) is 7.51. The molecule has 0 bridgehead atoms. The Labute approximate surface area is 116 Å². The molecule has 1 heterocycles. The van der Waals surface area contributed by atoms with Gasteiger partial charge in [0.2, 0.25) is 0 Å². The predicted octanol–water partition coefficient (Wildman–Crippen LogP) is 3.46. The van der Waals surface area contributed by atoms with E-state index in [0.717, 1.165) is 12.8 Å². The fourth-order valence-electron chi connectivity index (χ4n) is 2.92. The molecule has 1 rings (SSSR count). The summed E-state index contributed by atoms with van der Waals surface area (Å²) in [6.07, 6.45) is 8.55. The quantitative estimate of drug-likeness (QED) is 0.514. The minimum Gasteiger partial charge on any atom is -0.310 e. The standard InChI is InChI=1S/C15H28N2O2/c1-4-7-8-9-10-11-12-17-14(19)16-13(18)15(17,5-2)6-3/h4-12H2,1-3H3,(H,16,18,19). The molecule has 1 N–H and O–H groups in total. The highest BCUT2D eigenvalue weighted by Gasteiger charge is 2.49. The number of carbonyl (C=O) groups is 2. The maximum absolute atomic E-state index is 12.0. The zero-order chi connectivity index (χ0) is 14.3. The number of imide groups is 1. The zero-order valence-electron chi connectivity index (χ0n) is 12.6. The first kappa shape index (κ1) is 16.0. The molecule has 3 amide bonds. The van der Waals surface area contributed by atoms with E-state index in [-0.39, 0.29) is 11.9 Å². The van der Waals surface area contributed by atoms with Gasteiger partial charge < -0.3 is 4.90 Å². The van der Waals surface area contributed by atoms with E-state index in [1.807, 2.05) is 13.8 Å². The molecule has 0 unspecified atom stereocenters. The number of rotatable bonds is 9. The van der Waals surface area contributed by atoms with Gasteiger partial charge >= 0.3 is 6.03 Å². The monoisotopic (exact) mass is 268 g/mol. The van der Waals surface area contributed by atoms with E-state index in [4.69, 9.17) is 0 Å². The van der Waals surface area contributed by atoms with Gasteiger partial charge in [-0.25, -0.2) is 4.79 Å². The topological polar surface area (TPSA) is 49.4 Å². The molecule has 0 aromatic rings. The predicted molar refractivity (Wildman–Crippen MR) is 76.9 cm³/mol. The van der Waals surface area contributed by atoms with Gasteiger partial charge in [0.05, 0.1) is 0 Å². The molecule has 1 saturated heterocycles. The fourth-order valence-corrected chi connectivity index (χ4v) is 2.92. The van der Waals surface area contributed by atoms with Crippen LogP contribution < -0.4 is 5.32 Å². The summed E-state index contributed by atoms with van der Waals surface area (Å²) in [7, 11) is 0. The van der Waals surface area contributed by atoms with E-state index in [2.05, 4.69) is 12.2 Å². The molecular weight excluding hydrogens is 240 g/mol. The van der Waals surface area contributed by atoms with E-state index in [1.165, 1.54) is 25.7 Å². The van der Waals surface area contributed by atoms with Gasteiger partial charge in [-0.1, -0.05) is 52.9 Å². The Hall–Kier alpha value is -1.06. The van der Waals surface area contributed by atoms with Crippen molar-refractivity contribution in [2.45, 2.75) is 77.7 Å². The van der Waals surface area contributed by atoms with Crippen LogP contribution in [0, 0.1) is 0 Å². The molecule has 0 aromatic carbocycles. The van der Waals surface area contributed by atoms with Gasteiger partial charge in [0.25, 0.3) is 5.91 Å². The van der Waals surface area contributed by atoms with E-state index in [1.54, 1.807) is 4.90 Å². The molecule has 0 spiro atoms. The second-order valence-corrected chi connectivity index (χ2v) is 5.42. The summed E-state index contributed by atoms with van der Waals surface area (Å²) < 4.78 is 0. The van der Waals surface area contributed by atoms with E-state index in [0.29, 0.717) is 19.4 Å². The molecule has 110 valence electrons. The Balaban J connectivity index is 2.46. The van der Waals surface area contributed by atoms with Crippen LogP contribution in [0.15, 0.2) is 0 Å². The lowest BCUT2D eigenvalue weighted by molar-refractivity contribution is -0.127. The number of carbonyl (C=O) groups excluding carboxylic acids is 2. The fraction of sp³-hybridized carbons (Fsp3) is 0.867. The van der Waals surface area contributed by atoms with Gasteiger partial charge in [-0.15, -0.1) is 0 Å². The minimum atomic E-state index is -0.597. The van der Waals surface area contributed by atoms with Crippen molar-refractivity contribution in [3.8, 4) is 0 Å². The lowest BCUT2D eigenvalue weighted by Gasteiger charge is -2.33. The lowest BCUT2D eigenvalue weighted by atomic mass is 9.91. The van der Waals surface area contributed by atoms with Gasteiger partial charge in [0.1, 0.15) is 5.54 Å². The van der Waals surface area contributed by atoms with Crippen LogP contribution in [0.4, 0.5) is 4.79 Å². The van der Waals surface area contributed by atoms with Gasteiger partial charge in [0.15, 0.2) is 0 Å². The van der Waals surface area contributed by atoms with Crippen molar-refractivity contribution in [2.24, 2.45) is 0 Å². The molecule has 0 aliphatic carbocycles.